The third-order valence-electron chi connectivity index (χ3n) is 4.32. The zero-order valence-corrected chi connectivity index (χ0v) is 14.6. The van der Waals surface area contributed by atoms with Crippen molar-refractivity contribution in [3.63, 3.8) is 0 Å². The normalized spacial score (nSPS) is 10.8. The fraction of sp³-hybridized carbons (Fsp3) is 0. The van der Waals surface area contributed by atoms with E-state index in [1.165, 1.54) is 36.4 Å². The van der Waals surface area contributed by atoms with Crippen molar-refractivity contribution < 1.29 is 24.6 Å². The largest absolute Gasteiger partial charge is 0.507 e. The van der Waals surface area contributed by atoms with Gasteiger partial charge in [0, 0.05) is 22.9 Å². The van der Waals surface area contributed by atoms with Gasteiger partial charge in [0.2, 0.25) is 5.52 Å². The number of nitrogens with zero attached hydrogens (tertiary/aromatic N) is 3. The first-order valence-corrected chi connectivity index (χ1v) is 8.28. The Balaban J connectivity index is 1.86. The van der Waals surface area contributed by atoms with E-state index in [4.69, 9.17) is 0 Å². The summed E-state index contributed by atoms with van der Waals surface area (Å²) >= 11 is 0. The minimum absolute atomic E-state index is 0.0220. The van der Waals surface area contributed by atoms with Crippen LogP contribution in [0.2, 0.25) is 0 Å². The van der Waals surface area contributed by atoms with Gasteiger partial charge in [0.05, 0.1) is 16.2 Å². The summed E-state index contributed by atoms with van der Waals surface area (Å²) in [6.45, 7) is 0. The van der Waals surface area contributed by atoms with Gasteiger partial charge in [-0.1, -0.05) is 18.2 Å². The van der Waals surface area contributed by atoms with Crippen molar-refractivity contribution in [2.24, 2.45) is 0 Å². The van der Waals surface area contributed by atoms with E-state index in [1.54, 1.807) is 18.2 Å². The Labute approximate surface area is 162 Å². The summed E-state index contributed by atoms with van der Waals surface area (Å²) < 4.78 is 4.66. The van der Waals surface area contributed by atoms with Crippen LogP contribution in [0.1, 0.15) is 10.4 Å². The molecule has 0 aliphatic heterocycles. The molecule has 0 unspecified atom stereocenters. The number of benzene rings is 3. The molecule has 0 atom stereocenters. The fourth-order valence-electron chi connectivity index (χ4n) is 2.96. The van der Waals surface area contributed by atoms with Crippen molar-refractivity contribution in [2.45, 2.75) is 0 Å². The molecular weight excluding hydrogens is 380 g/mol. The minimum atomic E-state index is -1.12. The number of rotatable bonds is 5. The molecule has 0 spiro atoms. The summed E-state index contributed by atoms with van der Waals surface area (Å²) in [5, 5.41) is 41.1. The SMILES string of the molecule is O=C(O)c1ccc(Nc2ccc([N+](=O)[O-])c3nonc23)c(-c2ccccc2O)c1. The summed E-state index contributed by atoms with van der Waals surface area (Å²) in [4.78, 5) is 22.0. The summed E-state index contributed by atoms with van der Waals surface area (Å²) in [6, 6.07) is 13.5. The van der Waals surface area contributed by atoms with Crippen LogP contribution >= 0.6 is 0 Å². The van der Waals surface area contributed by atoms with Gasteiger partial charge in [-0.2, -0.15) is 0 Å². The Morgan fingerprint density at radius 3 is 2.45 bits per heavy atom. The number of hydrogen-bond acceptors (Lipinski definition) is 8. The predicted octanol–water partition coefficient (Wildman–Crippen LogP) is 3.95. The maximum Gasteiger partial charge on any atom is 0.335 e. The van der Waals surface area contributed by atoms with Gasteiger partial charge in [0.25, 0.3) is 0 Å². The quantitative estimate of drug-likeness (QED) is 0.338. The van der Waals surface area contributed by atoms with Gasteiger partial charge in [-0.3, -0.25) is 10.1 Å². The third kappa shape index (κ3) is 3.18. The molecule has 10 nitrogen and oxygen atoms in total. The minimum Gasteiger partial charge on any atom is -0.507 e. The number of carboxylic acid groups (broad SMARTS) is 1. The second-order valence-corrected chi connectivity index (χ2v) is 6.06. The number of phenols is 1. The summed E-state index contributed by atoms with van der Waals surface area (Å²) in [7, 11) is 0. The zero-order chi connectivity index (χ0) is 20.5. The monoisotopic (exact) mass is 392 g/mol. The number of carboxylic acids is 1. The first-order chi connectivity index (χ1) is 14.0. The lowest BCUT2D eigenvalue weighted by molar-refractivity contribution is -0.383. The number of anilines is 2. The van der Waals surface area contributed by atoms with Crippen LogP contribution < -0.4 is 5.32 Å². The molecule has 0 bridgehead atoms. The Morgan fingerprint density at radius 1 is 1.00 bits per heavy atom. The number of nitrogens with one attached hydrogen (secondary N) is 1. The molecule has 0 fully saturated rings. The van der Waals surface area contributed by atoms with Crippen molar-refractivity contribution >= 4 is 34.1 Å². The molecule has 0 saturated heterocycles. The van der Waals surface area contributed by atoms with Crippen LogP contribution in [0.3, 0.4) is 0 Å². The second-order valence-electron chi connectivity index (χ2n) is 6.06. The van der Waals surface area contributed by atoms with Gasteiger partial charge in [0.1, 0.15) is 5.75 Å². The molecule has 0 aliphatic carbocycles. The highest BCUT2D eigenvalue weighted by Gasteiger charge is 2.21. The zero-order valence-electron chi connectivity index (χ0n) is 14.6. The Hall–Kier alpha value is -4.47. The van der Waals surface area contributed by atoms with E-state index >= 15 is 0 Å². The van der Waals surface area contributed by atoms with Gasteiger partial charge in [-0.15, -0.1) is 0 Å². The first-order valence-electron chi connectivity index (χ1n) is 8.28. The van der Waals surface area contributed by atoms with Gasteiger partial charge >= 0.3 is 11.7 Å². The topological polar surface area (TPSA) is 152 Å². The van der Waals surface area contributed by atoms with Gasteiger partial charge < -0.3 is 15.5 Å². The van der Waals surface area contributed by atoms with Crippen LogP contribution in [0.4, 0.5) is 17.1 Å². The van der Waals surface area contributed by atoms with E-state index in [0.29, 0.717) is 22.5 Å². The van der Waals surface area contributed by atoms with Crippen LogP contribution in [0, 0.1) is 10.1 Å². The number of carbonyl (C=O) groups is 1. The van der Waals surface area contributed by atoms with Crippen molar-refractivity contribution in [3.05, 3.63) is 70.3 Å². The number of hydrogen-bond donors (Lipinski definition) is 3. The van der Waals surface area contributed by atoms with Gasteiger partial charge in [-0.25, -0.2) is 9.42 Å². The Morgan fingerprint density at radius 2 is 1.72 bits per heavy atom. The van der Waals surface area contributed by atoms with Crippen molar-refractivity contribution in [1.29, 1.82) is 0 Å². The van der Waals surface area contributed by atoms with Crippen LogP contribution in [0.15, 0.2) is 59.2 Å². The molecular formula is C19H12N4O6. The molecule has 0 aliphatic rings. The molecule has 3 N–H and O–H groups in total. The third-order valence-corrected chi connectivity index (χ3v) is 4.32. The molecule has 10 heteroatoms. The Kier molecular flexibility index (Phi) is 4.28. The predicted molar refractivity (Wildman–Crippen MR) is 102 cm³/mol. The molecule has 3 aromatic carbocycles. The van der Waals surface area contributed by atoms with Gasteiger partial charge in [-0.05, 0) is 40.6 Å². The molecule has 4 rings (SSSR count). The van der Waals surface area contributed by atoms with Crippen LogP contribution in [-0.4, -0.2) is 31.4 Å². The molecule has 29 heavy (non-hydrogen) atoms. The van der Waals surface area contributed by atoms with Crippen LogP contribution in [-0.2, 0) is 0 Å². The molecule has 0 amide bonds. The highest BCUT2D eigenvalue weighted by atomic mass is 16.6. The molecule has 144 valence electrons. The summed E-state index contributed by atoms with van der Waals surface area (Å²) in [5.41, 5.74) is 1.55. The van der Waals surface area contributed by atoms with Gasteiger partial charge in [0.15, 0.2) is 5.52 Å². The highest BCUT2D eigenvalue weighted by molar-refractivity contribution is 5.98. The van der Waals surface area contributed by atoms with E-state index < -0.39 is 10.9 Å². The van der Waals surface area contributed by atoms with E-state index in [0.717, 1.165) is 0 Å². The Bertz CT molecular complexity index is 1270. The van der Waals surface area contributed by atoms with Crippen molar-refractivity contribution in [3.8, 4) is 16.9 Å². The number of fused-ring (bicyclic) bond motifs is 1. The molecule has 1 aromatic heterocycles. The number of phenolic OH excluding ortho intramolecular Hbond substituents is 1. The van der Waals surface area contributed by atoms with E-state index in [2.05, 4.69) is 20.3 Å². The maximum absolute atomic E-state index is 11.4. The first kappa shape index (κ1) is 17.9. The molecule has 0 saturated carbocycles. The van der Waals surface area contributed by atoms with Crippen LogP contribution in [0.5, 0.6) is 5.75 Å². The molecule has 1 heterocycles. The lowest BCUT2D eigenvalue weighted by Gasteiger charge is -2.14. The average molecular weight is 392 g/mol. The molecule has 4 aromatic rings. The van der Waals surface area contributed by atoms with E-state index in [1.807, 2.05) is 0 Å². The lowest BCUT2D eigenvalue weighted by atomic mass is 9.99. The van der Waals surface area contributed by atoms with Crippen molar-refractivity contribution in [2.75, 3.05) is 5.32 Å². The molecule has 0 radical (unpaired) electrons. The van der Waals surface area contributed by atoms with Crippen LogP contribution in [0.25, 0.3) is 22.2 Å². The second kappa shape index (κ2) is 6.93. The summed E-state index contributed by atoms with van der Waals surface area (Å²) in [6.07, 6.45) is 0. The highest BCUT2D eigenvalue weighted by Crippen LogP contribution is 2.38. The maximum atomic E-state index is 11.4. The number of nitro groups is 1. The van der Waals surface area contributed by atoms with Crippen molar-refractivity contribution in [1.82, 2.24) is 10.3 Å². The fourth-order valence-corrected chi connectivity index (χ4v) is 2.96. The van der Waals surface area contributed by atoms with E-state index in [-0.39, 0.29) is 28.0 Å². The number of non-ortho nitro benzene ring substituents is 1. The summed E-state index contributed by atoms with van der Waals surface area (Å²) in [5.74, 6) is -1.15. The number of aromatic nitrogens is 2. The number of aromatic hydroxyl groups is 1. The smallest absolute Gasteiger partial charge is 0.335 e. The number of para-hydroxylation sites is 1. The average Bonchev–Trinajstić information content (AvgIpc) is 3.19. The number of aromatic carboxylic acids is 1. The number of nitro benzene ring substituents is 1. The van der Waals surface area contributed by atoms with E-state index in [9.17, 15) is 25.1 Å². The lowest BCUT2D eigenvalue weighted by Crippen LogP contribution is -2.00. The standard InChI is InChI=1S/C19H12N4O6/c24-16-4-2-1-3-11(16)12-9-10(19(25)26)5-6-13(12)20-14-7-8-15(23(27)28)18-17(14)21-29-22-18/h1-9,20,24H,(H,25,26).